The molecule has 0 aromatic heterocycles. The average Bonchev–Trinajstić information content (AvgIpc) is 2.92. The minimum atomic E-state index is -0.486. The third-order valence-electron chi connectivity index (χ3n) is 4.25. The van der Waals surface area contributed by atoms with Crippen molar-refractivity contribution in [1.82, 2.24) is 0 Å². The fourth-order valence-electron chi connectivity index (χ4n) is 3.26. The van der Waals surface area contributed by atoms with Crippen LogP contribution in [0.2, 0.25) is 0 Å². The van der Waals surface area contributed by atoms with Crippen molar-refractivity contribution in [2.75, 3.05) is 11.9 Å². The van der Waals surface area contributed by atoms with Gasteiger partial charge in [-0.1, -0.05) is 18.3 Å². The molecule has 2 atom stereocenters. The lowest BCUT2D eigenvalue weighted by atomic mass is 10.1. The Morgan fingerprint density at radius 2 is 2.15 bits per heavy atom. The molecule has 0 aliphatic heterocycles. The van der Waals surface area contributed by atoms with E-state index in [1.807, 2.05) is 0 Å². The molecule has 3 nitrogen and oxygen atoms in total. The van der Waals surface area contributed by atoms with Gasteiger partial charge < -0.3 is 10.4 Å². The second-order valence-electron chi connectivity index (χ2n) is 5.43. The van der Waals surface area contributed by atoms with Crippen molar-refractivity contribution in [2.24, 2.45) is 17.8 Å². The van der Waals surface area contributed by atoms with E-state index in [9.17, 15) is 9.18 Å². The summed E-state index contributed by atoms with van der Waals surface area (Å²) in [7, 11) is 0. The van der Waals surface area contributed by atoms with Gasteiger partial charge in [0.15, 0.2) is 0 Å². The van der Waals surface area contributed by atoms with Crippen molar-refractivity contribution in [2.45, 2.75) is 19.3 Å². The molecule has 0 heterocycles. The lowest BCUT2D eigenvalue weighted by Gasteiger charge is -2.07. The smallest absolute Gasteiger partial charge is 0.228 e. The van der Waals surface area contributed by atoms with Gasteiger partial charge in [-0.25, -0.2) is 4.39 Å². The minimum Gasteiger partial charge on any atom is -0.384 e. The zero-order valence-corrected chi connectivity index (χ0v) is 11.0. The van der Waals surface area contributed by atoms with Gasteiger partial charge in [0.1, 0.15) is 12.4 Å². The molecule has 0 saturated heterocycles. The van der Waals surface area contributed by atoms with E-state index in [2.05, 4.69) is 17.2 Å². The van der Waals surface area contributed by atoms with E-state index in [4.69, 9.17) is 5.11 Å². The van der Waals surface area contributed by atoms with Crippen LogP contribution in [0.5, 0.6) is 0 Å². The van der Waals surface area contributed by atoms with Gasteiger partial charge in [-0.15, -0.1) is 0 Å². The van der Waals surface area contributed by atoms with Gasteiger partial charge in [0, 0.05) is 11.6 Å². The van der Waals surface area contributed by atoms with E-state index in [1.54, 1.807) is 6.07 Å². The number of amides is 1. The second kappa shape index (κ2) is 5.26. The third kappa shape index (κ3) is 2.41. The topological polar surface area (TPSA) is 49.3 Å². The Bertz CT molecular complexity index is 592. The van der Waals surface area contributed by atoms with Gasteiger partial charge in [0.2, 0.25) is 5.91 Å². The van der Waals surface area contributed by atoms with Crippen molar-refractivity contribution in [3.05, 3.63) is 29.6 Å². The Hall–Kier alpha value is -1.86. The molecule has 3 rings (SSSR count). The number of aliphatic hydroxyl groups excluding tert-OH is 1. The van der Waals surface area contributed by atoms with Crippen LogP contribution in [0.25, 0.3) is 0 Å². The van der Waals surface area contributed by atoms with Crippen LogP contribution in [-0.4, -0.2) is 17.6 Å². The first-order valence-corrected chi connectivity index (χ1v) is 6.91. The molecule has 2 aliphatic carbocycles. The van der Waals surface area contributed by atoms with Crippen LogP contribution in [-0.2, 0) is 4.79 Å². The number of carbonyl (C=O) groups excluding carboxylic acids is 1. The maximum absolute atomic E-state index is 13.7. The summed E-state index contributed by atoms with van der Waals surface area (Å²) in [4.78, 5) is 12.1. The fourth-order valence-corrected chi connectivity index (χ4v) is 3.26. The highest BCUT2D eigenvalue weighted by molar-refractivity contribution is 5.95. The van der Waals surface area contributed by atoms with E-state index in [0.29, 0.717) is 17.5 Å². The fraction of sp³-hybridized carbons (Fsp3) is 0.438. The Kier molecular flexibility index (Phi) is 3.45. The van der Waals surface area contributed by atoms with Gasteiger partial charge in [0.25, 0.3) is 0 Å². The molecular formula is C16H16FNO2. The first-order chi connectivity index (χ1) is 9.70. The number of halogens is 1. The highest BCUT2D eigenvalue weighted by atomic mass is 19.1. The first kappa shape index (κ1) is 13.1. The molecule has 104 valence electrons. The quantitative estimate of drug-likeness (QED) is 0.811. The largest absolute Gasteiger partial charge is 0.384 e. The number of benzene rings is 1. The molecule has 20 heavy (non-hydrogen) atoms. The number of carbonyl (C=O) groups is 1. The summed E-state index contributed by atoms with van der Waals surface area (Å²) < 4.78 is 13.7. The molecule has 0 spiro atoms. The standard InChI is InChI=1S/C16H16FNO2/c17-14-9-11(7-6-10(14)3-2-8-19)18-16(20)15-12-4-1-5-13(12)15/h6-7,9,12-13,15,19H,1,4-5,8H2,(H,18,20). The molecule has 2 N–H and O–H groups in total. The maximum atomic E-state index is 13.7. The van der Waals surface area contributed by atoms with Crippen LogP contribution in [0.1, 0.15) is 24.8 Å². The lowest BCUT2D eigenvalue weighted by molar-refractivity contribution is -0.118. The molecule has 2 unspecified atom stereocenters. The van der Waals surface area contributed by atoms with Crippen LogP contribution in [0.15, 0.2) is 18.2 Å². The highest BCUT2D eigenvalue weighted by Crippen LogP contribution is 2.57. The summed E-state index contributed by atoms with van der Waals surface area (Å²) in [6.07, 6.45) is 3.52. The van der Waals surface area contributed by atoms with Crippen molar-refractivity contribution >= 4 is 11.6 Å². The van der Waals surface area contributed by atoms with E-state index in [-0.39, 0.29) is 24.0 Å². The summed E-state index contributed by atoms with van der Waals surface area (Å²) in [6, 6.07) is 4.43. The first-order valence-electron chi connectivity index (χ1n) is 6.91. The summed E-state index contributed by atoms with van der Waals surface area (Å²) >= 11 is 0. The van der Waals surface area contributed by atoms with Crippen LogP contribution in [0, 0.1) is 35.4 Å². The van der Waals surface area contributed by atoms with Crippen LogP contribution < -0.4 is 5.32 Å². The monoisotopic (exact) mass is 273 g/mol. The molecule has 1 amide bonds. The summed E-state index contributed by atoms with van der Waals surface area (Å²) in [5.41, 5.74) is 0.687. The van der Waals surface area contributed by atoms with Crippen LogP contribution in [0.3, 0.4) is 0 Å². The molecule has 2 saturated carbocycles. The van der Waals surface area contributed by atoms with E-state index in [0.717, 1.165) is 12.8 Å². The number of rotatable bonds is 2. The van der Waals surface area contributed by atoms with Crippen molar-refractivity contribution in [3.63, 3.8) is 0 Å². The molecule has 2 fully saturated rings. The highest BCUT2D eigenvalue weighted by Gasteiger charge is 2.56. The molecule has 1 aromatic rings. The van der Waals surface area contributed by atoms with Gasteiger partial charge in [-0.3, -0.25) is 4.79 Å². The van der Waals surface area contributed by atoms with Gasteiger partial charge in [0.05, 0.1) is 5.56 Å². The van der Waals surface area contributed by atoms with Crippen molar-refractivity contribution in [3.8, 4) is 11.8 Å². The number of hydrogen-bond acceptors (Lipinski definition) is 2. The summed E-state index contributed by atoms with van der Waals surface area (Å²) in [5.74, 6) is 5.67. The number of hydrogen-bond donors (Lipinski definition) is 2. The zero-order valence-electron chi connectivity index (χ0n) is 11.0. The number of anilines is 1. The number of fused-ring (bicyclic) bond motifs is 1. The predicted molar refractivity (Wildman–Crippen MR) is 73.3 cm³/mol. The SMILES string of the molecule is O=C(Nc1ccc(C#CCO)c(F)c1)C1C2CCCC21. The third-order valence-corrected chi connectivity index (χ3v) is 4.25. The normalized spacial score (nSPS) is 26.4. The Balaban J connectivity index is 1.66. The van der Waals surface area contributed by atoms with Crippen molar-refractivity contribution in [1.29, 1.82) is 0 Å². The minimum absolute atomic E-state index is 0.00768. The zero-order chi connectivity index (χ0) is 14.1. The average molecular weight is 273 g/mol. The van der Waals surface area contributed by atoms with Crippen LogP contribution in [0.4, 0.5) is 10.1 Å². The lowest BCUT2D eigenvalue weighted by Crippen LogP contribution is -2.16. The number of aliphatic hydroxyl groups is 1. The molecule has 0 bridgehead atoms. The summed E-state index contributed by atoms with van der Waals surface area (Å²) in [6.45, 7) is -0.303. The van der Waals surface area contributed by atoms with E-state index >= 15 is 0 Å². The molecule has 2 aliphatic rings. The Morgan fingerprint density at radius 1 is 1.40 bits per heavy atom. The van der Waals surface area contributed by atoms with Crippen LogP contribution >= 0.6 is 0 Å². The van der Waals surface area contributed by atoms with E-state index in [1.165, 1.54) is 18.6 Å². The Labute approximate surface area is 117 Å². The van der Waals surface area contributed by atoms with Gasteiger partial charge >= 0.3 is 0 Å². The van der Waals surface area contributed by atoms with Gasteiger partial charge in [-0.2, -0.15) is 0 Å². The maximum Gasteiger partial charge on any atom is 0.228 e. The number of nitrogens with one attached hydrogen (secondary N) is 1. The molecular weight excluding hydrogens is 257 g/mol. The molecule has 4 heteroatoms. The Morgan fingerprint density at radius 3 is 2.80 bits per heavy atom. The second-order valence-corrected chi connectivity index (χ2v) is 5.43. The van der Waals surface area contributed by atoms with Crippen molar-refractivity contribution < 1.29 is 14.3 Å². The summed E-state index contributed by atoms with van der Waals surface area (Å²) in [5, 5.41) is 11.4. The molecule has 0 radical (unpaired) electrons. The van der Waals surface area contributed by atoms with E-state index < -0.39 is 5.82 Å². The predicted octanol–water partition coefficient (Wildman–Crippen LogP) is 2.15. The molecule has 1 aromatic carbocycles. The van der Waals surface area contributed by atoms with Gasteiger partial charge in [-0.05, 0) is 42.9 Å².